The van der Waals surface area contributed by atoms with Crippen molar-refractivity contribution in [2.45, 2.75) is 13.0 Å². The highest BCUT2D eigenvalue weighted by Crippen LogP contribution is 2.24. The highest BCUT2D eigenvalue weighted by molar-refractivity contribution is 9.10. The van der Waals surface area contributed by atoms with Crippen molar-refractivity contribution < 1.29 is 14.4 Å². The number of rotatable bonds is 8. The van der Waals surface area contributed by atoms with Gasteiger partial charge in [0.05, 0.1) is 25.1 Å². The summed E-state index contributed by atoms with van der Waals surface area (Å²) in [6.07, 6.45) is 0.978. The summed E-state index contributed by atoms with van der Waals surface area (Å²) in [5, 5.41) is 2.95. The monoisotopic (exact) mass is 391 g/mol. The van der Waals surface area contributed by atoms with Crippen molar-refractivity contribution in [1.82, 2.24) is 5.32 Å². The maximum atomic E-state index is 12.1. The number of carbonyl (C=O) groups is 1. The number of para-hydroxylation sites is 1. The number of benzene rings is 2. The van der Waals surface area contributed by atoms with Gasteiger partial charge in [0.25, 0.3) is 5.91 Å². The van der Waals surface area contributed by atoms with Crippen LogP contribution in [0.2, 0.25) is 0 Å². The molecule has 2 aromatic carbocycles. The Hall–Kier alpha value is -1.85. The molecule has 4 nitrogen and oxygen atoms in total. The Balaban J connectivity index is 1.82. The van der Waals surface area contributed by atoms with Crippen molar-refractivity contribution in [1.29, 1.82) is 0 Å². The number of hydrogen-bond acceptors (Lipinski definition) is 2. The maximum Gasteiger partial charge on any atom is 0.251 e. The molecule has 0 aliphatic heterocycles. The molecule has 0 fully saturated rings. The Bertz CT molecular complexity index is 657. The number of amides is 1. The van der Waals surface area contributed by atoms with Gasteiger partial charge in [-0.1, -0.05) is 24.3 Å². The largest absolute Gasteiger partial charge is 0.488 e. The molecule has 0 atom stereocenters. The van der Waals surface area contributed by atoms with Gasteiger partial charge in [0.2, 0.25) is 0 Å². The van der Waals surface area contributed by atoms with E-state index in [0.717, 1.165) is 28.8 Å². The van der Waals surface area contributed by atoms with Gasteiger partial charge in [-0.25, -0.2) is 0 Å². The third-order valence-corrected chi connectivity index (χ3v) is 4.24. The number of hydrogen-bond donors (Lipinski definition) is 2. The Kier molecular flexibility index (Phi) is 7.28. The van der Waals surface area contributed by atoms with Crippen molar-refractivity contribution in [3.63, 3.8) is 0 Å². The average Bonchev–Trinajstić information content (AvgIpc) is 2.58. The van der Waals surface area contributed by atoms with Crippen molar-refractivity contribution in [3.05, 3.63) is 64.1 Å². The zero-order chi connectivity index (χ0) is 17.4. The summed E-state index contributed by atoms with van der Waals surface area (Å²) < 4.78 is 6.71. The van der Waals surface area contributed by atoms with Crippen LogP contribution >= 0.6 is 15.9 Å². The molecule has 0 unspecified atom stereocenters. The van der Waals surface area contributed by atoms with Gasteiger partial charge >= 0.3 is 0 Å². The zero-order valence-corrected chi connectivity index (χ0v) is 15.7. The van der Waals surface area contributed by atoms with E-state index in [2.05, 4.69) is 35.3 Å². The second-order valence-electron chi connectivity index (χ2n) is 5.98. The first-order valence-corrected chi connectivity index (χ1v) is 8.89. The average molecular weight is 392 g/mol. The van der Waals surface area contributed by atoms with Gasteiger partial charge in [0.15, 0.2) is 0 Å². The lowest BCUT2D eigenvalue weighted by molar-refractivity contribution is -0.858. The molecule has 5 heteroatoms. The van der Waals surface area contributed by atoms with E-state index in [1.165, 1.54) is 4.90 Å². The zero-order valence-electron chi connectivity index (χ0n) is 14.1. The smallest absolute Gasteiger partial charge is 0.251 e. The molecule has 1 amide bonds. The first-order chi connectivity index (χ1) is 11.6. The molecule has 0 aromatic heterocycles. The summed E-state index contributed by atoms with van der Waals surface area (Å²) in [4.78, 5) is 13.5. The van der Waals surface area contributed by atoms with Gasteiger partial charge in [-0.05, 0) is 45.8 Å². The lowest BCUT2D eigenvalue weighted by atomic mass is 10.1. The Labute approximate surface area is 151 Å². The van der Waals surface area contributed by atoms with Crippen LogP contribution in [0.5, 0.6) is 5.75 Å². The highest BCUT2D eigenvalue weighted by Gasteiger charge is 2.06. The van der Waals surface area contributed by atoms with E-state index in [9.17, 15) is 4.79 Å². The summed E-state index contributed by atoms with van der Waals surface area (Å²) in [6, 6.07) is 15.3. The molecule has 0 aliphatic rings. The quantitative estimate of drug-likeness (QED) is 0.677. The molecule has 2 rings (SSSR count). The molecule has 0 bridgehead atoms. The Morgan fingerprint density at radius 1 is 1.12 bits per heavy atom. The van der Waals surface area contributed by atoms with E-state index in [-0.39, 0.29) is 5.91 Å². The van der Waals surface area contributed by atoms with Crippen LogP contribution in [0.1, 0.15) is 22.3 Å². The molecule has 0 radical (unpaired) electrons. The Morgan fingerprint density at radius 2 is 1.83 bits per heavy atom. The fourth-order valence-corrected chi connectivity index (χ4v) is 2.62. The molecule has 24 heavy (non-hydrogen) atoms. The van der Waals surface area contributed by atoms with Gasteiger partial charge in [-0.3, -0.25) is 4.79 Å². The first-order valence-electron chi connectivity index (χ1n) is 8.10. The fraction of sp³-hybridized carbons (Fsp3) is 0.316. The summed E-state index contributed by atoms with van der Waals surface area (Å²) in [5.41, 5.74) is 1.70. The molecular formula is C19H24BrN2O2+. The van der Waals surface area contributed by atoms with E-state index in [4.69, 9.17) is 4.74 Å². The van der Waals surface area contributed by atoms with Crippen LogP contribution in [-0.2, 0) is 6.61 Å². The lowest BCUT2D eigenvalue weighted by Gasteiger charge is -2.10. The van der Waals surface area contributed by atoms with Crippen molar-refractivity contribution in [2.75, 3.05) is 27.2 Å². The van der Waals surface area contributed by atoms with Gasteiger partial charge in [0.1, 0.15) is 12.4 Å². The minimum Gasteiger partial charge on any atom is -0.488 e. The van der Waals surface area contributed by atoms with Crippen molar-refractivity contribution in [2.24, 2.45) is 0 Å². The number of halogens is 1. The fourth-order valence-electron chi connectivity index (χ4n) is 2.22. The predicted octanol–water partition coefficient (Wildman–Crippen LogP) is 2.29. The second-order valence-corrected chi connectivity index (χ2v) is 6.84. The van der Waals surface area contributed by atoms with Crippen LogP contribution in [0.3, 0.4) is 0 Å². The molecular weight excluding hydrogens is 368 g/mol. The standard InChI is InChI=1S/C19H23BrN2O2/c1-22(2)13-5-12-21-19(23)16-10-8-15(9-11-16)14-24-18-7-4-3-6-17(18)20/h3-4,6-11H,5,12-14H2,1-2H3,(H,21,23)/p+1. The predicted molar refractivity (Wildman–Crippen MR) is 99.5 cm³/mol. The summed E-state index contributed by atoms with van der Waals surface area (Å²) in [5.74, 6) is 0.782. The molecule has 0 heterocycles. The van der Waals surface area contributed by atoms with E-state index >= 15 is 0 Å². The van der Waals surface area contributed by atoms with Gasteiger partial charge < -0.3 is 15.0 Å². The van der Waals surface area contributed by atoms with E-state index in [1.807, 2.05) is 48.5 Å². The maximum absolute atomic E-state index is 12.1. The van der Waals surface area contributed by atoms with Gasteiger partial charge in [0, 0.05) is 18.5 Å². The first kappa shape index (κ1) is 18.5. The molecule has 0 saturated carbocycles. The summed E-state index contributed by atoms with van der Waals surface area (Å²) in [7, 11) is 4.22. The summed E-state index contributed by atoms with van der Waals surface area (Å²) >= 11 is 3.46. The minimum atomic E-state index is -0.0259. The van der Waals surface area contributed by atoms with E-state index in [1.54, 1.807) is 0 Å². The van der Waals surface area contributed by atoms with Gasteiger partial charge in [-0.15, -0.1) is 0 Å². The molecule has 2 N–H and O–H groups in total. The number of nitrogens with one attached hydrogen (secondary N) is 2. The second kappa shape index (κ2) is 9.45. The molecule has 128 valence electrons. The van der Waals surface area contributed by atoms with Crippen LogP contribution in [0, 0.1) is 0 Å². The third-order valence-electron chi connectivity index (χ3n) is 3.59. The number of carbonyl (C=O) groups excluding carboxylic acids is 1. The number of quaternary nitrogens is 1. The summed E-state index contributed by atoms with van der Waals surface area (Å²) in [6.45, 7) is 2.22. The van der Waals surface area contributed by atoms with Crippen LogP contribution in [-0.4, -0.2) is 33.1 Å². The third kappa shape index (κ3) is 5.98. The SMILES string of the molecule is C[NH+](C)CCCNC(=O)c1ccc(COc2ccccc2Br)cc1. The molecule has 0 spiro atoms. The van der Waals surface area contributed by atoms with Crippen molar-refractivity contribution >= 4 is 21.8 Å². The van der Waals surface area contributed by atoms with E-state index in [0.29, 0.717) is 18.7 Å². The van der Waals surface area contributed by atoms with Crippen LogP contribution < -0.4 is 15.0 Å². The van der Waals surface area contributed by atoms with Crippen LogP contribution in [0.4, 0.5) is 0 Å². The van der Waals surface area contributed by atoms with Crippen molar-refractivity contribution in [3.8, 4) is 5.75 Å². The minimum absolute atomic E-state index is 0.0259. The number of ether oxygens (including phenoxy) is 1. The van der Waals surface area contributed by atoms with Crippen LogP contribution in [0.15, 0.2) is 53.0 Å². The topological polar surface area (TPSA) is 42.8 Å². The highest BCUT2D eigenvalue weighted by atomic mass is 79.9. The molecule has 0 aliphatic carbocycles. The molecule has 0 saturated heterocycles. The lowest BCUT2D eigenvalue weighted by Crippen LogP contribution is -3.05. The van der Waals surface area contributed by atoms with Crippen LogP contribution in [0.25, 0.3) is 0 Å². The molecule has 2 aromatic rings. The van der Waals surface area contributed by atoms with Gasteiger partial charge in [-0.2, -0.15) is 0 Å². The normalized spacial score (nSPS) is 10.7. The Morgan fingerprint density at radius 3 is 2.50 bits per heavy atom. The van der Waals surface area contributed by atoms with E-state index < -0.39 is 0 Å².